The van der Waals surface area contributed by atoms with Crippen LogP contribution in [0.4, 0.5) is 0 Å². The highest BCUT2D eigenvalue weighted by atomic mass is 35.5. The van der Waals surface area contributed by atoms with Gasteiger partial charge in [-0.2, -0.15) is 5.10 Å². The van der Waals surface area contributed by atoms with Crippen LogP contribution < -0.4 is 0 Å². The van der Waals surface area contributed by atoms with Gasteiger partial charge in [0, 0.05) is 28.4 Å². The summed E-state index contributed by atoms with van der Waals surface area (Å²) in [7, 11) is 0. The van der Waals surface area contributed by atoms with Gasteiger partial charge in [-0.1, -0.05) is 71.2 Å². The summed E-state index contributed by atoms with van der Waals surface area (Å²) in [6, 6.07) is 23.4. The number of hydrogen-bond donors (Lipinski definition) is 0. The maximum Gasteiger partial charge on any atom is 0.249 e. The van der Waals surface area contributed by atoms with Crippen molar-refractivity contribution in [3.05, 3.63) is 106 Å². The van der Waals surface area contributed by atoms with E-state index in [2.05, 4.69) is 41.4 Å². The predicted octanol–water partition coefficient (Wildman–Crippen LogP) is 7.37. The first-order valence-corrected chi connectivity index (χ1v) is 11.0. The van der Waals surface area contributed by atoms with Crippen LogP contribution in [0.1, 0.15) is 17.0 Å². The molecule has 0 unspecified atom stereocenters. The third kappa shape index (κ3) is 4.60. The predicted molar refractivity (Wildman–Crippen MR) is 132 cm³/mol. The maximum absolute atomic E-state index is 6.27. The second kappa shape index (κ2) is 9.06. The van der Waals surface area contributed by atoms with E-state index in [9.17, 15) is 0 Å². The Bertz CT molecular complexity index is 1440. The third-order valence-electron chi connectivity index (χ3n) is 5.10. The molecule has 5 nitrogen and oxygen atoms in total. The number of para-hydroxylation sites is 1. The molecule has 0 radical (unpaired) electrons. The van der Waals surface area contributed by atoms with E-state index in [1.165, 1.54) is 5.56 Å². The lowest BCUT2D eigenvalue weighted by atomic mass is 10.1. The van der Waals surface area contributed by atoms with Gasteiger partial charge in [-0.05, 0) is 43.3 Å². The van der Waals surface area contributed by atoms with Crippen molar-refractivity contribution in [2.75, 3.05) is 0 Å². The first-order valence-electron chi connectivity index (χ1n) is 10.3. The number of hydrogen-bond acceptors (Lipinski definition) is 4. The molecule has 0 aliphatic heterocycles. The number of nitrogens with zero attached hydrogens (tertiary/aromatic N) is 4. The molecule has 162 valence electrons. The molecule has 3 aromatic carbocycles. The number of aryl methyl sites for hydroxylation is 1. The fourth-order valence-electron chi connectivity index (χ4n) is 3.39. The first-order chi connectivity index (χ1) is 16.1. The van der Waals surface area contributed by atoms with Crippen molar-refractivity contribution in [2.45, 2.75) is 6.92 Å². The van der Waals surface area contributed by atoms with Crippen LogP contribution in [0.3, 0.4) is 0 Å². The topological polar surface area (TPSA) is 56.7 Å². The molecule has 33 heavy (non-hydrogen) atoms. The number of rotatable bonds is 5. The van der Waals surface area contributed by atoms with E-state index < -0.39 is 0 Å². The molecule has 5 aromatic rings. The molecule has 2 heterocycles. The van der Waals surface area contributed by atoms with E-state index in [0.29, 0.717) is 27.4 Å². The van der Waals surface area contributed by atoms with Crippen LogP contribution in [-0.4, -0.2) is 20.0 Å². The van der Waals surface area contributed by atoms with E-state index in [4.69, 9.17) is 32.7 Å². The standard InChI is InChI=1S/C26H18Cl2N4O/c1-17-7-9-18(10-8-17)25-19(16-32(31-25)21-5-3-2-4-6-21)11-14-24-29-30-26(33-24)22-13-12-20(27)15-23(22)28/h2-16H,1H3/b14-11+. The Hall–Kier alpha value is -3.67. The van der Waals surface area contributed by atoms with E-state index in [-0.39, 0.29) is 0 Å². The van der Waals surface area contributed by atoms with Gasteiger partial charge in [0.15, 0.2) is 0 Å². The highest BCUT2D eigenvalue weighted by Crippen LogP contribution is 2.30. The van der Waals surface area contributed by atoms with E-state index in [0.717, 1.165) is 22.5 Å². The van der Waals surface area contributed by atoms with Gasteiger partial charge in [0.1, 0.15) is 0 Å². The molecule has 2 aromatic heterocycles. The zero-order valence-electron chi connectivity index (χ0n) is 17.6. The van der Waals surface area contributed by atoms with E-state index in [1.54, 1.807) is 24.3 Å². The molecule has 0 N–H and O–H groups in total. The highest BCUT2D eigenvalue weighted by Gasteiger charge is 2.13. The average molecular weight is 473 g/mol. The largest absolute Gasteiger partial charge is 0.417 e. The monoisotopic (exact) mass is 472 g/mol. The molecular weight excluding hydrogens is 455 g/mol. The first kappa shape index (κ1) is 21.2. The second-order valence-electron chi connectivity index (χ2n) is 7.48. The van der Waals surface area contributed by atoms with E-state index in [1.807, 2.05) is 47.3 Å². The van der Waals surface area contributed by atoms with Gasteiger partial charge in [0.2, 0.25) is 11.8 Å². The Morgan fingerprint density at radius 3 is 2.42 bits per heavy atom. The second-order valence-corrected chi connectivity index (χ2v) is 8.33. The number of aromatic nitrogens is 4. The van der Waals surface area contributed by atoms with Crippen molar-refractivity contribution in [3.8, 4) is 28.4 Å². The molecule has 0 aliphatic rings. The maximum atomic E-state index is 6.27. The van der Waals surface area contributed by atoms with Gasteiger partial charge in [0.25, 0.3) is 0 Å². The van der Waals surface area contributed by atoms with Crippen LogP contribution in [0.2, 0.25) is 10.0 Å². The molecule has 0 amide bonds. The van der Waals surface area contributed by atoms with Crippen LogP contribution >= 0.6 is 23.2 Å². The van der Waals surface area contributed by atoms with Gasteiger partial charge >= 0.3 is 0 Å². The normalized spacial score (nSPS) is 11.4. The van der Waals surface area contributed by atoms with Crippen LogP contribution in [-0.2, 0) is 0 Å². The summed E-state index contributed by atoms with van der Waals surface area (Å²) in [5.74, 6) is 0.688. The average Bonchev–Trinajstić information content (AvgIpc) is 3.46. The van der Waals surface area contributed by atoms with Crippen LogP contribution in [0.25, 0.3) is 40.6 Å². The number of benzene rings is 3. The Kier molecular flexibility index (Phi) is 5.82. The lowest BCUT2D eigenvalue weighted by Gasteiger charge is -2.01. The Morgan fingerprint density at radius 2 is 1.67 bits per heavy atom. The zero-order chi connectivity index (χ0) is 22.8. The van der Waals surface area contributed by atoms with Crippen molar-refractivity contribution >= 4 is 35.4 Å². The molecule has 0 aliphatic carbocycles. The Morgan fingerprint density at radius 1 is 0.879 bits per heavy atom. The van der Waals surface area contributed by atoms with Crippen molar-refractivity contribution < 1.29 is 4.42 Å². The highest BCUT2D eigenvalue weighted by molar-refractivity contribution is 6.36. The fourth-order valence-corrected chi connectivity index (χ4v) is 3.88. The van der Waals surface area contributed by atoms with E-state index >= 15 is 0 Å². The SMILES string of the molecule is Cc1ccc(-c2nn(-c3ccccc3)cc2/C=C/c2nnc(-c3ccc(Cl)cc3Cl)o2)cc1. The minimum absolute atomic E-state index is 0.329. The van der Waals surface area contributed by atoms with Gasteiger partial charge in [-0.3, -0.25) is 0 Å². The summed E-state index contributed by atoms with van der Waals surface area (Å²) in [5, 5.41) is 14.1. The minimum Gasteiger partial charge on any atom is -0.417 e. The van der Waals surface area contributed by atoms with Gasteiger partial charge in [-0.15, -0.1) is 10.2 Å². The summed E-state index contributed by atoms with van der Waals surface area (Å²) < 4.78 is 7.66. The lowest BCUT2D eigenvalue weighted by Crippen LogP contribution is -1.93. The van der Waals surface area contributed by atoms with Crippen LogP contribution in [0, 0.1) is 6.92 Å². The molecular formula is C26H18Cl2N4O. The lowest BCUT2D eigenvalue weighted by molar-refractivity contribution is 0.558. The Balaban J connectivity index is 1.50. The molecule has 0 saturated carbocycles. The zero-order valence-corrected chi connectivity index (χ0v) is 19.1. The fraction of sp³-hybridized carbons (Fsp3) is 0.0385. The molecule has 0 spiro atoms. The van der Waals surface area contributed by atoms with Gasteiger partial charge < -0.3 is 4.42 Å². The summed E-state index contributed by atoms with van der Waals surface area (Å²) in [4.78, 5) is 0. The van der Waals surface area contributed by atoms with Crippen LogP contribution in [0.15, 0.2) is 83.4 Å². The van der Waals surface area contributed by atoms with Gasteiger partial charge in [-0.25, -0.2) is 4.68 Å². The van der Waals surface area contributed by atoms with Gasteiger partial charge in [0.05, 0.1) is 22.0 Å². The molecule has 0 bridgehead atoms. The molecule has 7 heteroatoms. The minimum atomic E-state index is 0.329. The van der Waals surface area contributed by atoms with Crippen molar-refractivity contribution in [2.24, 2.45) is 0 Å². The third-order valence-corrected chi connectivity index (χ3v) is 5.64. The van der Waals surface area contributed by atoms with Crippen LogP contribution in [0.5, 0.6) is 0 Å². The molecule has 5 rings (SSSR count). The quantitative estimate of drug-likeness (QED) is 0.267. The molecule has 0 fully saturated rings. The summed E-state index contributed by atoms with van der Waals surface area (Å²) in [6.07, 6.45) is 5.67. The van der Waals surface area contributed by atoms with Crippen molar-refractivity contribution in [1.82, 2.24) is 20.0 Å². The smallest absolute Gasteiger partial charge is 0.249 e. The van der Waals surface area contributed by atoms with Crippen molar-refractivity contribution in [1.29, 1.82) is 0 Å². The summed E-state index contributed by atoms with van der Waals surface area (Å²) in [5.41, 5.74) is 5.60. The molecule has 0 saturated heterocycles. The summed E-state index contributed by atoms with van der Waals surface area (Å²) in [6.45, 7) is 2.06. The molecule has 0 atom stereocenters. The summed E-state index contributed by atoms with van der Waals surface area (Å²) >= 11 is 12.2. The Labute approximate surface area is 200 Å². The number of halogens is 2. The van der Waals surface area contributed by atoms with Crippen molar-refractivity contribution in [3.63, 3.8) is 0 Å².